The topological polar surface area (TPSA) is 61.7 Å². The van der Waals surface area contributed by atoms with Crippen LogP contribution in [-0.2, 0) is 0 Å². The fraction of sp³-hybridized carbons (Fsp3) is 0. The van der Waals surface area contributed by atoms with Crippen LogP contribution in [0.1, 0.15) is 0 Å². The maximum absolute atomic E-state index is 6.63. The van der Waals surface area contributed by atoms with Crippen LogP contribution in [0.4, 0.5) is 0 Å². The maximum atomic E-state index is 6.63. The van der Waals surface area contributed by atoms with Crippen molar-refractivity contribution in [1.29, 1.82) is 0 Å². The van der Waals surface area contributed by atoms with Crippen LogP contribution in [0.25, 0.3) is 122 Å². The van der Waals surface area contributed by atoms with E-state index in [1.54, 1.807) is 0 Å². The lowest BCUT2D eigenvalue weighted by Crippen LogP contribution is -2.08. The van der Waals surface area contributed by atoms with Crippen molar-refractivity contribution < 1.29 is 4.42 Å². The summed E-state index contributed by atoms with van der Waals surface area (Å²) >= 11 is 0. The number of benzene rings is 9. The Morgan fingerprint density at radius 2 is 0.869 bits per heavy atom. The van der Waals surface area contributed by atoms with Crippen molar-refractivity contribution in [2.45, 2.75) is 0 Å². The van der Waals surface area contributed by atoms with E-state index >= 15 is 0 Å². The molecule has 0 aliphatic rings. The lowest BCUT2D eigenvalue weighted by molar-refractivity contribution is 0.668. The molecular weight excluding hydrogens is 747 g/mol. The van der Waals surface area contributed by atoms with Crippen LogP contribution < -0.4 is 0 Å². The van der Waals surface area contributed by atoms with E-state index in [-0.39, 0.29) is 0 Å². The van der Waals surface area contributed by atoms with Gasteiger partial charge < -0.3 is 8.98 Å². The van der Waals surface area contributed by atoms with E-state index in [0.717, 1.165) is 82.7 Å². The molecule has 0 unspecified atom stereocenters. The standard InChI is InChI=1S/C55H33N5O/c1-2-14-34(15-3-1)35-26-28-36(29-27-35)53-56-54(58-55(57-53)60-47-23-11-6-18-39(47)40-19-7-12-24-48(40)60)45-32-44-42-21-9-13-25-51(42)61-52(44)33-50(45)59-46-22-10-8-20-41(46)43-30-37-16-4-5-17-38(37)31-49(43)59/h1-33H. The molecule has 0 fully saturated rings. The monoisotopic (exact) mass is 779 g/mol. The van der Waals surface area contributed by atoms with Crippen LogP contribution in [0.3, 0.4) is 0 Å². The molecule has 4 heterocycles. The molecule has 0 saturated carbocycles. The van der Waals surface area contributed by atoms with Gasteiger partial charge >= 0.3 is 0 Å². The van der Waals surface area contributed by atoms with Crippen LogP contribution >= 0.6 is 0 Å². The summed E-state index contributed by atoms with van der Waals surface area (Å²) in [6, 6.07) is 70.3. The van der Waals surface area contributed by atoms with Gasteiger partial charge in [-0.15, -0.1) is 0 Å². The van der Waals surface area contributed by atoms with E-state index in [4.69, 9.17) is 19.4 Å². The Balaban J connectivity index is 1.14. The highest BCUT2D eigenvalue weighted by molar-refractivity contribution is 6.15. The summed E-state index contributed by atoms with van der Waals surface area (Å²) in [6.45, 7) is 0. The molecule has 284 valence electrons. The van der Waals surface area contributed by atoms with Crippen molar-refractivity contribution in [2.75, 3.05) is 0 Å². The summed E-state index contributed by atoms with van der Waals surface area (Å²) in [5.74, 6) is 1.68. The Kier molecular flexibility index (Phi) is 7.21. The summed E-state index contributed by atoms with van der Waals surface area (Å²) < 4.78 is 11.2. The minimum absolute atomic E-state index is 0.542. The minimum atomic E-state index is 0.542. The maximum Gasteiger partial charge on any atom is 0.238 e. The van der Waals surface area contributed by atoms with Gasteiger partial charge in [0.05, 0.1) is 27.8 Å². The Bertz CT molecular complexity index is 3820. The van der Waals surface area contributed by atoms with Crippen LogP contribution in [0.5, 0.6) is 0 Å². The highest BCUT2D eigenvalue weighted by Gasteiger charge is 2.24. The van der Waals surface area contributed by atoms with E-state index in [1.165, 1.54) is 21.5 Å². The van der Waals surface area contributed by atoms with Gasteiger partial charge in [0.25, 0.3) is 0 Å². The van der Waals surface area contributed by atoms with E-state index in [0.29, 0.717) is 17.6 Å². The van der Waals surface area contributed by atoms with Gasteiger partial charge in [-0.05, 0) is 64.4 Å². The number of hydrogen-bond donors (Lipinski definition) is 0. The van der Waals surface area contributed by atoms with Gasteiger partial charge in [0.1, 0.15) is 11.2 Å². The lowest BCUT2D eigenvalue weighted by Gasteiger charge is -2.16. The molecule has 0 N–H and O–H groups in total. The second-order valence-corrected chi connectivity index (χ2v) is 15.6. The third kappa shape index (κ3) is 5.19. The number of aromatic nitrogens is 5. The zero-order chi connectivity index (χ0) is 40.0. The molecule has 9 aromatic carbocycles. The number of fused-ring (bicyclic) bond motifs is 10. The molecule has 0 aliphatic carbocycles. The number of para-hydroxylation sites is 4. The van der Waals surface area contributed by atoms with Gasteiger partial charge in [-0.3, -0.25) is 4.57 Å². The zero-order valence-corrected chi connectivity index (χ0v) is 32.7. The van der Waals surface area contributed by atoms with E-state index in [9.17, 15) is 0 Å². The molecule has 0 radical (unpaired) electrons. The Morgan fingerprint density at radius 1 is 0.328 bits per heavy atom. The van der Waals surface area contributed by atoms with Gasteiger partial charge in [0.2, 0.25) is 5.95 Å². The van der Waals surface area contributed by atoms with Gasteiger partial charge in [-0.25, -0.2) is 4.98 Å². The average Bonchev–Trinajstić information content (AvgIpc) is 3.97. The van der Waals surface area contributed by atoms with Crippen LogP contribution in [0, 0.1) is 0 Å². The van der Waals surface area contributed by atoms with Gasteiger partial charge in [-0.1, -0.05) is 152 Å². The van der Waals surface area contributed by atoms with Crippen molar-refractivity contribution in [3.63, 3.8) is 0 Å². The molecular formula is C55H33N5O. The molecule has 0 bridgehead atoms. The smallest absolute Gasteiger partial charge is 0.238 e. The Morgan fingerprint density at radius 3 is 1.59 bits per heavy atom. The third-order valence-electron chi connectivity index (χ3n) is 12.2. The molecule has 4 aromatic heterocycles. The van der Waals surface area contributed by atoms with Crippen molar-refractivity contribution in [3.8, 4) is 45.5 Å². The normalized spacial score (nSPS) is 11.9. The predicted octanol–water partition coefficient (Wildman–Crippen LogP) is 14.1. The first-order chi connectivity index (χ1) is 30.2. The SMILES string of the molecule is c1ccc(-c2ccc(-c3nc(-c4cc5c(cc4-n4c6ccccc6c6cc7ccccc7cc64)oc4ccccc45)nc(-n4c5ccccc5c5ccccc54)n3)cc2)cc1. The summed E-state index contributed by atoms with van der Waals surface area (Å²) in [7, 11) is 0. The summed E-state index contributed by atoms with van der Waals surface area (Å²) in [4.78, 5) is 16.2. The third-order valence-corrected chi connectivity index (χ3v) is 12.2. The van der Waals surface area contributed by atoms with Crippen LogP contribution in [0.2, 0.25) is 0 Å². The average molecular weight is 780 g/mol. The molecule has 0 saturated heterocycles. The fourth-order valence-corrected chi connectivity index (χ4v) is 9.33. The highest BCUT2D eigenvalue weighted by atomic mass is 16.3. The quantitative estimate of drug-likeness (QED) is 0.175. The summed E-state index contributed by atoms with van der Waals surface area (Å²) in [5.41, 5.74) is 10.8. The lowest BCUT2D eigenvalue weighted by atomic mass is 10.0. The fourth-order valence-electron chi connectivity index (χ4n) is 9.33. The van der Waals surface area contributed by atoms with Crippen molar-refractivity contribution >= 4 is 76.3 Å². The molecule has 13 rings (SSSR count). The van der Waals surface area contributed by atoms with Crippen molar-refractivity contribution in [3.05, 3.63) is 200 Å². The molecule has 6 nitrogen and oxygen atoms in total. The van der Waals surface area contributed by atoms with Crippen molar-refractivity contribution in [1.82, 2.24) is 24.1 Å². The zero-order valence-electron chi connectivity index (χ0n) is 32.7. The predicted molar refractivity (Wildman–Crippen MR) is 250 cm³/mol. The number of rotatable bonds is 5. The largest absolute Gasteiger partial charge is 0.456 e. The van der Waals surface area contributed by atoms with E-state index in [2.05, 4.69) is 191 Å². The first-order valence-electron chi connectivity index (χ1n) is 20.5. The van der Waals surface area contributed by atoms with Gasteiger partial charge in [0.15, 0.2) is 11.6 Å². The van der Waals surface area contributed by atoms with E-state index in [1.807, 2.05) is 18.2 Å². The molecule has 0 amide bonds. The van der Waals surface area contributed by atoms with Gasteiger partial charge in [-0.2, -0.15) is 9.97 Å². The van der Waals surface area contributed by atoms with E-state index < -0.39 is 0 Å². The minimum Gasteiger partial charge on any atom is -0.456 e. The van der Waals surface area contributed by atoms with Crippen molar-refractivity contribution in [2.24, 2.45) is 0 Å². The Hall–Kier alpha value is -8.35. The molecule has 61 heavy (non-hydrogen) atoms. The van der Waals surface area contributed by atoms with Crippen LogP contribution in [-0.4, -0.2) is 24.1 Å². The first-order valence-corrected chi connectivity index (χ1v) is 20.5. The number of nitrogens with zero attached hydrogens (tertiary/aromatic N) is 5. The summed E-state index contributed by atoms with van der Waals surface area (Å²) in [6.07, 6.45) is 0. The van der Waals surface area contributed by atoms with Crippen LogP contribution in [0.15, 0.2) is 205 Å². The van der Waals surface area contributed by atoms with Gasteiger partial charge in [0, 0.05) is 49.5 Å². The highest BCUT2D eigenvalue weighted by Crippen LogP contribution is 2.42. The molecule has 0 spiro atoms. The second kappa shape index (κ2) is 13.1. The molecule has 0 atom stereocenters. The molecule has 6 heteroatoms. The first kappa shape index (κ1) is 33.6. The summed E-state index contributed by atoms with van der Waals surface area (Å²) in [5, 5.41) is 9.00. The number of furan rings is 1. The molecule has 13 aromatic rings. The molecule has 0 aliphatic heterocycles. The second-order valence-electron chi connectivity index (χ2n) is 15.6. The number of hydrogen-bond acceptors (Lipinski definition) is 4. The Labute approximate surface area is 349 Å².